The van der Waals surface area contributed by atoms with Crippen LogP contribution in [0.3, 0.4) is 0 Å². The van der Waals surface area contributed by atoms with E-state index in [9.17, 15) is 4.79 Å². The predicted molar refractivity (Wildman–Crippen MR) is 135 cm³/mol. The fourth-order valence-electron chi connectivity index (χ4n) is 5.25. The van der Waals surface area contributed by atoms with E-state index < -0.39 is 0 Å². The predicted octanol–water partition coefficient (Wildman–Crippen LogP) is 4.40. The van der Waals surface area contributed by atoms with Gasteiger partial charge < -0.3 is 10.2 Å². The van der Waals surface area contributed by atoms with Gasteiger partial charge in [-0.05, 0) is 35.2 Å². The molecule has 2 aromatic carbocycles. The van der Waals surface area contributed by atoms with Crippen LogP contribution in [0.2, 0.25) is 5.02 Å². The number of carbonyl (C=O) groups excluding carboxylic acids is 1. The van der Waals surface area contributed by atoms with Crippen molar-refractivity contribution in [1.82, 2.24) is 20.0 Å². The van der Waals surface area contributed by atoms with Gasteiger partial charge in [0.1, 0.15) is 0 Å². The molecule has 1 aliphatic carbocycles. The summed E-state index contributed by atoms with van der Waals surface area (Å²) in [5, 5.41) is 3.68. The van der Waals surface area contributed by atoms with E-state index in [0.717, 1.165) is 63.8 Å². The van der Waals surface area contributed by atoms with Gasteiger partial charge in [0.15, 0.2) is 0 Å². The Bertz CT molecular complexity index is 902. The lowest BCUT2D eigenvalue weighted by Crippen LogP contribution is -2.49. The zero-order valence-corrected chi connectivity index (χ0v) is 20.5. The smallest absolute Gasteiger partial charge is 0.317 e. The van der Waals surface area contributed by atoms with Crippen LogP contribution < -0.4 is 5.32 Å². The van der Waals surface area contributed by atoms with Crippen molar-refractivity contribution in [2.24, 2.45) is 0 Å². The molecular weight excluding hydrogens is 467 g/mol. The SMILES string of the molecule is Cl.Cl.O=C1NCCN1CCN1CCN(C2CC(c3ccc(Cl)cc3)c3ccccc32)CC1. The van der Waals surface area contributed by atoms with E-state index >= 15 is 0 Å². The van der Waals surface area contributed by atoms with E-state index in [0.29, 0.717) is 12.0 Å². The molecule has 32 heavy (non-hydrogen) atoms. The molecule has 174 valence electrons. The summed E-state index contributed by atoms with van der Waals surface area (Å²) in [4.78, 5) is 18.8. The Morgan fingerprint density at radius 2 is 1.56 bits per heavy atom. The number of urea groups is 1. The number of halogens is 3. The van der Waals surface area contributed by atoms with Gasteiger partial charge in [-0.2, -0.15) is 0 Å². The number of benzene rings is 2. The minimum absolute atomic E-state index is 0. The number of rotatable bonds is 5. The summed E-state index contributed by atoms with van der Waals surface area (Å²) in [5.74, 6) is 0.440. The van der Waals surface area contributed by atoms with E-state index in [1.54, 1.807) is 0 Å². The quantitative estimate of drug-likeness (QED) is 0.665. The van der Waals surface area contributed by atoms with E-state index in [4.69, 9.17) is 11.6 Å². The van der Waals surface area contributed by atoms with Crippen molar-refractivity contribution < 1.29 is 4.79 Å². The fourth-order valence-corrected chi connectivity index (χ4v) is 5.38. The largest absolute Gasteiger partial charge is 0.336 e. The molecule has 0 saturated carbocycles. The molecule has 2 fully saturated rings. The third-order valence-corrected chi connectivity index (χ3v) is 7.19. The van der Waals surface area contributed by atoms with Crippen LogP contribution in [0.25, 0.3) is 0 Å². The number of hydrogen-bond donors (Lipinski definition) is 1. The second-order valence-electron chi connectivity index (χ2n) is 8.58. The molecule has 2 aromatic rings. The number of hydrogen-bond acceptors (Lipinski definition) is 3. The Kier molecular flexibility index (Phi) is 8.70. The molecule has 0 spiro atoms. The maximum absolute atomic E-state index is 11.7. The van der Waals surface area contributed by atoms with Crippen LogP contribution in [0.15, 0.2) is 48.5 Å². The standard InChI is InChI=1S/C24H29ClN4O.2ClH/c25-19-7-5-18(6-8-19)22-17-23(21-4-2-1-3-20(21)22)28-14-11-27(12-15-28)13-16-29-10-9-26-24(29)30;;/h1-8,22-23H,9-17H2,(H,26,30);2*1H. The second kappa shape index (κ2) is 11.1. The lowest BCUT2D eigenvalue weighted by atomic mass is 9.93. The van der Waals surface area contributed by atoms with E-state index in [-0.39, 0.29) is 30.8 Å². The maximum Gasteiger partial charge on any atom is 0.317 e. The van der Waals surface area contributed by atoms with Crippen molar-refractivity contribution >= 4 is 42.4 Å². The summed E-state index contributed by atoms with van der Waals surface area (Å²) < 4.78 is 0. The first-order valence-electron chi connectivity index (χ1n) is 11.0. The topological polar surface area (TPSA) is 38.8 Å². The minimum atomic E-state index is 0. The van der Waals surface area contributed by atoms with Crippen LogP contribution >= 0.6 is 36.4 Å². The summed E-state index contributed by atoms with van der Waals surface area (Å²) in [7, 11) is 0. The highest BCUT2D eigenvalue weighted by molar-refractivity contribution is 6.30. The Morgan fingerprint density at radius 1 is 0.875 bits per heavy atom. The first-order valence-corrected chi connectivity index (χ1v) is 11.4. The number of carbonyl (C=O) groups is 1. The maximum atomic E-state index is 11.7. The molecule has 2 amide bonds. The molecule has 0 aromatic heterocycles. The molecule has 2 aliphatic heterocycles. The highest BCUT2D eigenvalue weighted by Gasteiger charge is 2.36. The Labute approximate surface area is 207 Å². The van der Waals surface area contributed by atoms with Gasteiger partial charge >= 0.3 is 6.03 Å². The van der Waals surface area contributed by atoms with E-state index in [1.807, 2.05) is 17.0 Å². The minimum Gasteiger partial charge on any atom is -0.336 e. The van der Waals surface area contributed by atoms with Crippen LogP contribution in [0, 0.1) is 0 Å². The van der Waals surface area contributed by atoms with Crippen LogP contribution in [-0.4, -0.2) is 73.1 Å². The van der Waals surface area contributed by atoms with Crippen molar-refractivity contribution in [3.63, 3.8) is 0 Å². The second-order valence-corrected chi connectivity index (χ2v) is 9.02. The highest BCUT2D eigenvalue weighted by atomic mass is 35.5. The molecule has 2 saturated heterocycles. The third-order valence-electron chi connectivity index (χ3n) is 6.94. The zero-order valence-electron chi connectivity index (χ0n) is 18.1. The Balaban J connectivity index is 0.00000144. The molecule has 2 atom stereocenters. The Hall–Kier alpha value is -1.50. The van der Waals surface area contributed by atoms with Crippen molar-refractivity contribution in [2.45, 2.75) is 18.4 Å². The molecule has 8 heteroatoms. The molecule has 5 rings (SSSR count). The van der Waals surface area contributed by atoms with E-state index in [1.165, 1.54) is 16.7 Å². The monoisotopic (exact) mass is 496 g/mol. The van der Waals surface area contributed by atoms with Crippen LogP contribution in [0.5, 0.6) is 0 Å². The third kappa shape index (κ3) is 5.18. The molecule has 2 heterocycles. The van der Waals surface area contributed by atoms with Crippen LogP contribution in [0.4, 0.5) is 4.79 Å². The van der Waals surface area contributed by atoms with Crippen molar-refractivity contribution in [3.8, 4) is 0 Å². The first kappa shape index (κ1) is 25.1. The summed E-state index contributed by atoms with van der Waals surface area (Å²) in [6, 6.07) is 17.9. The number of amides is 2. The van der Waals surface area contributed by atoms with Gasteiger partial charge in [0, 0.05) is 69.3 Å². The van der Waals surface area contributed by atoms with Gasteiger partial charge in [0.25, 0.3) is 0 Å². The van der Waals surface area contributed by atoms with Gasteiger partial charge in [-0.25, -0.2) is 4.79 Å². The lowest BCUT2D eigenvalue weighted by molar-refractivity contribution is 0.0905. The number of piperazine rings is 1. The number of nitrogens with zero attached hydrogens (tertiary/aromatic N) is 3. The molecule has 5 nitrogen and oxygen atoms in total. The molecular formula is C24H31Cl3N4O. The van der Waals surface area contributed by atoms with Crippen LogP contribution in [-0.2, 0) is 0 Å². The molecule has 2 unspecified atom stereocenters. The number of fused-ring (bicyclic) bond motifs is 1. The van der Waals surface area contributed by atoms with Gasteiger partial charge in [-0.1, -0.05) is 48.0 Å². The Morgan fingerprint density at radius 3 is 2.22 bits per heavy atom. The van der Waals surface area contributed by atoms with Crippen molar-refractivity contribution in [3.05, 3.63) is 70.2 Å². The van der Waals surface area contributed by atoms with Gasteiger partial charge in [0.05, 0.1) is 0 Å². The summed E-state index contributed by atoms with van der Waals surface area (Å²) in [5.41, 5.74) is 4.31. The molecule has 1 N–H and O–H groups in total. The molecule has 3 aliphatic rings. The summed E-state index contributed by atoms with van der Waals surface area (Å²) >= 11 is 6.12. The van der Waals surface area contributed by atoms with Gasteiger partial charge in [-0.3, -0.25) is 9.80 Å². The zero-order chi connectivity index (χ0) is 20.5. The molecule has 0 radical (unpaired) electrons. The molecule has 0 bridgehead atoms. The average Bonchev–Trinajstić information content (AvgIpc) is 3.37. The first-order chi connectivity index (χ1) is 14.7. The summed E-state index contributed by atoms with van der Waals surface area (Å²) in [6.45, 7) is 7.72. The van der Waals surface area contributed by atoms with Crippen LogP contribution in [0.1, 0.15) is 35.1 Å². The lowest BCUT2D eigenvalue weighted by Gasteiger charge is -2.39. The summed E-state index contributed by atoms with van der Waals surface area (Å²) in [6.07, 6.45) is 1.13. The normalized spacial score (nSPS) is 23.3. The highest BCUT2D eigenvalue weighted by Crippen LogP contribution is 2.46. The average molecular weight is 498 g/mol. The van der Waals surface area contributed by atoms with E-state index in [2.05, 4.69) is 51.5 Å². The van der Waals surface area contributed by atoms with Crippen molar-refractivity contribution in [2.75, 3.05) is 52.4 Å². The number of nitrogens with one attached hydrogen (secondary N) is 1. The van der Waals surface area contributed by atoms with Gasteiger partial charge in [-0.15, -0.1) is 24.8 Å². The van der Waals surface area contributed by atoms with Crippen molar-refractivity contribution in [1.29, 1.82) is 0 Å². The van der Waals surface area contributed by atoms with Gasteiger partial charge in [0.2, 0.25) is 0 Å². The fraction of sp³-hybridized carbons (Fsp3) is 0.458.